The van der Waals surface area contributed by atoms with Crippen LogP contribution in [0.15, 0.2) is 54.7 Å². The van der Waals surface area contributed by atoms with Crippen molar-refractivity contribution in [3.8, 4) is 22.9 Å². The van der Waals surface area contributed by atoms with Gasteiger partial charge in [-0.1, -0.05) is 17.7 Å². The van der Waals surface area contributed by atoms with E-state index in [1.54, 1.807) is 41.0 Å². The van der Waals surface area contributed by atoms with Crippen molar-refractivity contribution in [3.05, 3.63) is 71.1 Å². The van der Waals surface area contributed by atoms with Crippen LogP contribution in [0.5, 0.6) is 11.6 Å². The van der Waals surface area contributed by atoms with Crippen LogP contribution in [-0.2, 0) is 0 Å². The Bertz CT molecular complexity index is 1240. The lowest BCUT2D eigenvalue weighted by Gasteiger charge is -2.12. The minimum absolute atomic E-state index is 0.0167. The molecule has 7 nitrogen and oxygen atoms in total. The third-order valence-corrected chi connectivity index (χ3v) is 4.75. The number of ether oxygens (including phenoxy) is 2. The predicted molar refractivity (Wildman–Crippen MR) is 111 cm³/mol. The zero-order chi connectivity index (χ0) is 21.3. The van der Waals surface area contributed by atoms with Gasteiger partial charge in [0.1, 0.15) is 11.6 Å². The Morgan fingerprint density at radius 3 is 2.70 bits per heavy atom. The van der Waals surface area contributed by atoms with E-state index in [0.717, 1.165) is 0 Å². The molecule has 0 aliphatic rings. The van der Waals surface area contributed by atoms with Gasteiger partial charge in [-0.15, -0.1) is 5.10 Å². The van der Waals surface area contributed by atoms with E-state index in [-0.39, 0.29) is 10.6 Å². The molecular weight excluding hydrogens is 411 g/mol. The van der Waals surface area contributed by atoms with Crippen molar-refractivity contribution in [2.45, 2.75) is 0 Å². The zero-order valence-electron chi connectivity index (χ0n) is 16.0. The summed E-state index contributed by atoms with van der Waals surface area (Å²) < 4.78 is 26.2. The van der Waals surface area contributed by atoms with Gasteiger partial charge < -0.3 is 14.8 Å². The molecule has 9 heteroatoms. The number of halogens is 2. The lowest BCUT2D eigenvalue weighted by atomic mass is 10.1. The predicted octanol–water partition coefficient (Wildman–Crippen LogP) is 4.46. The highest BCUT2D eigenvalue weighted by molar-refractivity contribution is 6.34. The lowest BCUT2D eigenvalue weighted by molar-refractivity contribution is 0.102. The molecule has 152 valence electrons. The molecule has 1 amide bonds. The second-order valence-electron chi connectivity index (χ2n) is 6.27. The Labute approximate surface area is 176 Å². The third kappa shape index (κ3) is 3.65. The standard InChI is InChI=1S/C21H16ClFN4O3/c1-29-17-7-6-12(16-11-27-18(24-16)8-9-19(26-27)30-2)10-15(17)25-21(28)20-13(22)4-3-5-14(20)23/h3-11H,1-2H3,(H,25,28). The Balaban J connectivity index is 1.71. The summed E-state index contributed by atoms with van der Waals surface area (Å²) in [5, 5.41) is 6.96. The first-order chi connectivity index (χ1) is 14.5. The number of carbonyl (C=O) groups excluding carboxylic acids is 1. The molecule has 4 aromatic rings. The number of aromatic nitrogens is 3. The van der Waals surface area contributed by atoms with Crippen LogP contribution in [0.3, 0.4) is 0 Å². The summed E-state index contributed by atoms with van der Waals surface area (Å²) in [6, 6.07) is 12.7. The van der Waals surface area contributed by atoms with E-state index in [1.807, 2.05) is 0 Å². The van der Waals surface area contributed by atoms with Crippen molar-refractivity contribution in [2.75, 3.05) is 19.5 Å². The van der Waals surface area contributed by atoms with Crippen molar-refractivity contribution in [1.82, 2.24) is 14.6 Å². The third-order valence-electron chi connectivity index (χ3n) is 4.44. The molecule has 0 spiro atoms. The van der Waals surface area contributed by atoms with E-state index >= 15 is 0 Å². The molecule has 0 aliphatic carbocycles. The number of rotatable bonds is 5. The number of nitrogens with one attached hydrogen (secondary N) is 1. The van der Waals surface area contributed by atoms with Crippen molar-refractivity contribution in [3.63, 3.8) is 0 Å². The lowest BCUT2D eigenvalue weighted by Crippen LogP contribution is -2.15. The minimum Gasteiger partial charge on any atom is -0.495 e. The van der Waals surface area contributed by atoms with Gasteiger partial charge in [-0.2, -0.15) is 0 Å². The number of anilines is 1. The van der Waals surface area contributed by atoms with Crippen LogP contribution in [0.1, 0.15) is 10.4 Å². The van der Waals surface area contributed by atoms with Gasteiger partial charge in [-0.05, 0) is 36.4 Å². The molecule has 4 rings (SSSR count). The number of nitrogens with zero attached hydrogens (tertiary/aromatic N) is 3. The maximum Gasteiger partial charge on any atom is 0.260 e. The smallest absolute Gasteiger partial charge is 0.260 e. The van der Waals surface area contributed by atoms with Gasteiger partial charge in [-0.3, -0.25) is 4.79 Å². The van der Waals surface area contributed by atoms with E-state index in [0.29, 0.717) is 34.2 Å². The van der Waals surface area contributed by atoms with E-state index < -0.39 is 11.7 Å². The molecule has 2 aromatic heterocycles. The number of carbonyl (C=O) groups is 1. The van der Waals surface area contributed by atoms with E-state index in [4.69, 9.17) is 21.1 Å². The zero-order valence-corrected chi connectivity index (χ0v) is 16.8. The number of hydrogen-bond donors (Lipinski definition) is 1. The van der Waals surface area contributed by atoms with Crippen molar-refractivity contribution >= 4 is 28.8 Å². The van der Waals surface area contributed by atoms with Crippen LogP contribution >= 0.6 is 11.6 Å². The van der Waals surface area contributed by atoms with E-state index in [9.17, 15) is 9.18 Å². The monoisotopic (exact) mass is 426 g/mol. The Morgan fingerprint density at radius 2 is 1.97 bits per heavy atom. The molecule has 0 bridgehead atoms. The fourth-order valence-corrected chi connectivity index (χ4v) is 3.23. The fourth-order valence-electron chi connectivity index (χ4n) is 2.98. The van der Waals surface area contributed by atoms with Crippen LogP contribution in [-0.4, -0.2) is 34.7 Å². The summed E-state index contributed by atoms with van der Waals surface area (Å²) in [4.78, 5) is 17.2. The molecule has 0 saturated carbocycles. The van der Waals surface area contributed by atoms with Gasteiger partial charge in [0.15, 0.2) is 5.65 Å². The molecule has 0 atom stereocenters. The number of amides is 1. The Hall–Kier alpha value is -3.65. The molecule has 1 N–H and O–H groups in total. The van der Waals surface area contributed by atoms with E-state index in [2.05, 4.69) is 15.4 Å². The number of benzene rings is 2. The van der Waals surface area contributed by atoms with Crippen LogP contribution in [0.4, 0.5) is 10.1 Å². The molecule has 0 unspecified atom stereocenters. The summed E-state index contributed by atoms with van der Waals surface area (Å²) >= 11 is 6.00. The van der Waals surface area contributed by atoms with Gasteiger partial charge in [-0.25, -0.2) is 13.9 Å². The van der Waals surface area contributed by atoms with Crippen molar-refractivity contribution in [1.29, 1.82) is 0 Å². The quantitative estimate of drug-likeness (QED) is 0.510. The van der Waals surface area contributed by atoms with Crippen LogP contribution in [0.2, 0.25) is 5.02 Å². The molecule has 30 heavy (non-hydrogen) atoms. The summed E-state index contributed by atoms with van der Waals surface area (Å²) in [7, 11) is 3.01. The average molecular weight is 427 g/mol. The van der Waals surface area contributed by atoms with E-state index in [1.165, 1.54) is 32.4 Å². The average Bonchev–Trinajstić information content (AvgIpc) is 3.16. The Morgan fingerprint density at radius 1 is 1.13 bits per heavy atom. The summed E-state index contributed by atoms with van der Waals surface area (Å²) in [5.74, 6) is -0.538. The van der Waals surface area contributed by atoms with Gasteiger partial charge in [0.2, 0.25) is 5.88 Å². The molecule has 2 heterocycles. The van der Waals surface area contributed by atoms with Crippen LogP contribution < -0.4 is 14.8 Å². The fraction of sp³-hybridized carbons (Fsp3) is 0.0952. The molecule has 0 fully saturated rings. The highest BCUT2D eigenvalue weighted by Crippen LogP contribution is 2.31. The van der Waals surface area contributed by atoms with Gasteiger partial charge in [0.25, 0.3) is 5.91 Å². The van der Waals surface area contributed by atoms with Gasteiger partial charge >= 0.3 is 0 Å². The first kappa shape index (κ1) is 19.7. The van der Waals surface area contributed by atoms with Crippen molar-refractivity contribution in [2.24, 2.45) is 0 Å². The normalized spacial score (nSPS) is 10.8. The first-order valence-electron chi connectivity index (χ1n) is 8.84. The number of hydrogen-bond acceptors (Lipinski definition) is 5. The highest BCUT2D eigenvalue weighted by Gasteiger charge is 2.18. The second-order valence-corrected chi connectivity index (χ2v) is 6.68. The number of imidazole rings is 1. The maximum atomic E-state index is 14.1. The largest absolute Gasteiger partial charge is 0.495 e. The molecule has 0 aliphatic heterocycles. The molecule has 0 radical (unpaired) electrons. The summed E-state index contributed by atoms with van der Waals surface area (Å²) in [6.07, 6.45) is 1.74. The van der Waals surface area contributed by atoms with Gasteiger partial charge in [0, 0.05) is 11.6 Å². The summed E-state index contributed by atoms with van der Waals surface area (Å²) in [6.45, 7) is 0. The topological polar surface area (TPSA) is 77.8 Å². The first-order valence-corrected chi connectivity index (χ1v) is 9.22. The molecule has 2 aromatic carbocycles. The second kappa shape index (κ2) is 8.00. The number of methoxy groups -OCH3 is 2. The molecule has 0 saturated heterocycles. The summed E-state index contributed by atoms with van der Waals surface area (Å²) in [5.41, 5.74) is 2.07. The van der Waals surface area contributed by atoms with Crippen LogP contribution in [0.25, 0.3) is 16.9 Å². The van der Waals surface area contributed by atoms with Crippen LogP contribution in [0, 0.1) is 5.82 Å². The maximum absolute atomic E-state index is 14.1. The van der Waals surface area contributed by atoms with Crippen molar-refractivity contribution < 1.29 is 18.7 Å². The number of fused-ring (bicyclic) bond motifs is 1. The highest BCUT2D eigenvalue weighted by atomic mass is 35.5. The minimum atomic E-state index is -0.713. The van der Waals surface area contributed by atoms with Gasteiger partial charge in [0.05, 0.1) is 42.4 Å². The SMILES string of the molecule is COc1ccc2nc(-c3ccc(OC)c(NC(=O)c4c(F)cccc4Cl)c3)cn2n1. The molecular formula is C21H16ClFN4O3. The Kier molecular flexibility index (Phi) is 5.24.